The van der Waals surface area contributed by atoms with Crippen LogP contribution in [0.4, 0.5) is 13.2 Å². The van der Waals surface area contributed by atoms with Crippen molar-refractivity contribution in [2.45, 2.75) is 12.6 Å². The molecule has 0 unspecified atom stereocenters. The molecule has 0 saturated heterocycles. The number of thiol groups is 1. The molecule has 0 aliphatic rings. The van der Waals surface area contributed by atoms with E-state index < -0.39 is 22.6 Å². The molecule has 6 nitrogen and oxygen atoms in total. The van der Waals surface area contributed by atoms with Gasteiger partial charge in [0.25, 0.3) is 0 Å². The number of aromatic nitrogens is 3. The largest absolute Gasteiger partial charge is 0.417 e. The molecule has 2 aromatic heterocycles. The predicted molar refractivity (Wildman–Crippen MR) is 116 cm³/mol. The maximum absolute atomic E-state index is 14.1. The van der Waals surface area contributed by atoms with E-state index in [4.69, 9.17) is 0 Å². The van der Waals surface area contributed by atoms with Gasteiger partial charge in [0.2, 0.25) is 10.9 Å². The highest BCUT2D eigenvalue weighted by atomic mass is 32.2. The lowest BCUT2D eigenvalue weighted by atomic mass is 10.0. The number of benzene rings is 2. The second-order valence-electron chi connectivity index (χ2n) is 7.21. The molecule has 4 rings (SSSR count). The van der Waals surface area contributed by atoms with E-state index in [1.165, 1.54) is 4.68 Å². The van der Waals surface area contributed by atoms with Crippen LogP contribution < -0.4 is 4.72 Å². The van der Waals surface area contributed by atoms with Gasteiger partial charge in [-0.05, 0) is 24.1 Å². The van der Waals surface area contributed by atoms with Crippen molar-refractivity contribution in [3.63, 3.8) is 0 Å². The first-order valence-corrected chi connectivity index (χ1v) is 10.9. The first kappa shape index (κ1) is 22.0. The van der Waals surface area contributed by atoms with Crippen molar-refractivity contribution in [1.29, 1.82) is 0 Å². The molecule has 32 heavy (non-hydrogen) atoms. The van der Waals surface area contributed by atoms with Gasteiger partial charge >= 0.3 is 6.18 Å². The first-order chi connectivity index (χ1) is 15.2. The van der Waals surface area contributed by atoms with Crippen molar-refractivity contribution in [3.05, 3.63) is 71.8 Å². The van der Waals surface area contributed by atoms with Crippen molar-refractivity contribution in [2.24, 2.45) is 7.05 Å². The first-order valence-electron chi connectivity index (χ1n) is 9.71. The zero-order valence-electron chi connectivity index (χ0n) is 16.9. The van der Waals surface area contributed by atoms with E-state index in [1.54, 1.807) is 61.6 Å². The third-order valence-corrected chi connectivity index (χ3v) is 5.51. The quantitative estimate of drug-likeness (QED) is 0.427. The fourth-order valence-electron chi connectivity index (χ4n) is 3.59. The fourth-order valence-corrected chi connectivity index (χ4v) is 3.89. The van der Waals surface area contributed by atoms with E-state index in [0.29, 0.717) is 17.5 Å². The standard InChI is InChI=1S/C22H19F3N4O2S/c1-29-21-19(20(28-29)15-7-3-2-4-8-15)17(22(23,24)25)13-18(27-21)16-9-5-6-14(12-16)10-11-26-32(30)31/h2-9,12-13,32H,10-11H2,1H3,(H,26,30,31). The van der Waals surface area contributed by atoms with Crippen LogP contribution in [-0.4, -0.2) is 29.7 Å². The van der Waals surface area contributed by atoms with Crippen LogP contribution >= 0.6 is 0 Å². The van der Waals surface area contributed by atoms with Gasteiger partial charge in [0.15, 0.2) is 5.65 Å². The van der Waals surface area contributed by atoms with E-state index in [9.17, 15) is 21.6 Å². The maximum Gasteiger partial charge on any atom is 0.417 e. The maximum atomic E-state index is 14.1. The number of fused-ring (bicyclic) bond motifs is 1. The highest BCUT2D eigenvalue weighted by molar-refractivity contribution is 7.70. The van der Waals surface area contributed by atoms with Crippen molar-refractivity contribution < 1.29 is 21.6 Å². The smallest absolute Gasteiger partial charge is 0.250 e. The van der Waals surface area contributed by atoms with Gasteiger partial charge in [0, 0.05) is 24.7 Å². The molecule has 166 valence electrons. The topological polar surface area (TPSA) is 76.9 Å². The molecule has 0 saturated carbocycles. The van der Waals surface area contributed by atoms with E-state index in [2.05, 4.69) is 14.8 Å². The molecule has 0 amide bonds. The minimum absolute atomic E-state index is 0.0467. The Morgan fingerprint density at radius 3 is 2.41 bits per heavy atom. The van der Waals surface area contributed by atoms with Crippen molar-refractivity contribution >= 4 is 21.9 Å². The lowest BCUT2D eigenvalue weighted by Gasteiger charge is -2.12. The molecule has 2 aromatic carbocycles. The molecule has 0 atom stereocenters. The number of halogens is 3. The minimum Gasteiger partial charge on any atom is -0.250 e. The van der Waals surface area contributed by atoms with Gasteiger partial charge in [0.1, 0.15) is 5.69 Å². The van der Waals surface area contributed by atoms with E-state index in [-0.39, 0.29) is 29.0 Å². The van der Waals surface area contributed by atoms with Crippen LogP contribution in [0.2, 0.25) is 0 Å². The molecule has 0 radical (unpaired) electrons. The summed E-state index contributed by atoms with van der Waals surface area (Å²) in [5, 5.41) is 4.29. The summed E-state index contributed by atoms with van der Waals surface area (Å²) in [6.45, 7) is 0.199. The number of rotatable bonds is 6. The Morgan fingerprint density at radius 1 is 1.00 bits per heavy atom. The average Bonchev–Trinajstić information content (AvgIpc) is 3.09. The van der Waals surface area contributed by atoms with Gasteiger partial charge in [-0.1, -0.05) is 48.5 Å². The number of aryl methyl sites for hydroxylation is 1. The molecule has 1 N–H and O–H groups in total. The molecule has 0 fully saturated rings. The van der Waals surface area contributed by atoms with Crippen LogP contribution in [0, 0.1) is 0 Å². The molecule has 10 heteroatoms. The second kappa shape index (κ2) is 8.71. The SMILES string of the molecule is Cn1nc(-c2ccccc2)c2c(C(F)(F)F)cc(-c3cccc(CCN[SH](=O)=O)c3)nc21. The number of hydrogen-bond donors (Lipinski definition) is 2. The van der Waals surface area contributed by atoms with Crippen LogP contribution in [0.25, 0.3) is 33.5 Å². The highest BCUT2D eigenvalue weighted by Crippen LogP contribution is 2.40. The summed E-state index contributed by atoms with van der Waals surface area (Å²) in [7, 11) is -1.14. The van der Waals surface area contributed by atoms with Crippen LogP contribution in [-0.2, 0) is 30.5 Å². The average molecular weight is 460 g/mol. The van der Waals surface area contributed by atoms with E-state index >= 15 is 0 Å². The Bertz CT molecular complexity index is 1340. The van der Waals surface area contributed by atoms with Gasteiger partial charge in [-0.15, -0.1) is 0 Å². The number of pyridine rings is 1. The number of nitrogens with zero attached hydrogens (tertiary/aromatic N) is 3. The lowest BCUT2D eigenvalue weighted by Crippen LogP contribution is -2.14. The normalized spacial score (nSPS) is 12.0. The van der Waals surface area contributed by atoms with Gasteiger partial charge in [0.05, 0.1) is 16.6 Å². The van der Waals surface area contributed by atoms with Gasteiger partial charge in [-0.25, -0.2) is 22.8 Å². The minimum atomic E-state index is -4.61. The van der Waals surface area contributed by atoms with E-state index in [0.717, 1.165) is 11.6 Å². The lowest BCUT2D eigenvalue weighted by molar-refractivity contribution is -0.136. The van der Waals surface area contributed by atoms with E-state index in [1.807, 2.05) is 0 Å². The molecule has 2 heterocycles. The molecule has 0 spiro atoms. The van der Waals surface area contributed by atoms with Crippen LogP contribution in [0.3, 0.4) is 0 Å². The summed E-state index contributed by atoms with van der Waals surface area (Å²) in [5.74, 6) is 0. The summed E-state index contributed by atoms with van der Waals surface area (Å²) in [4.78, 5) is 4.50. The fraction of sp³-hybridized carbons (Fsp3) is 0.182. The Labute approximate surface area is 183 Å². The Morgan fingerprint density at radius 2 is 1.72 bits per heavy atom. The molecule has 0 bridgehead atoms. The highest BCUT2D eigenvalue weighted by Gasteiger charge is 2.36. The third-order valence-electron chi connectivity index (χ3n) is 5.02. The molecule has 0 aliphatic carbocycles. The monoisotopic (exact) mass is 460 g/mol. The third kappa shape index (κ3) is 4.51. The van der Waals surface area contributed by atoms with Crippen LogP contribution in [0.15, 0.2) is 60.7 Å². The zero-order chi connectivity index (χ0) is 22.9. The molecule has 0 aliphatic heterocycles. The summed E-state index contributed by atoms with van der Waals surface area (Å²) in [5.41, 5.74) is 1.56. The Kier molecular flexibility index (Phi) is 5.98. The zero-order valence-corrected chi connectivity index (χ0v) is 17.8. The van der Waals surface area contributed by atoms with Gasteiger partial charge in [-0.3, -0.25) is 0 Å². The number of nitrogens with one attached hydrogen (secondary N) is 1. The molecular formula is C22H19F3N4O2S. The summed E-state index contributed by atoms with van der Waals surface area (Å²) in [6, 6.07) is 16.6. The van der Waals surface area contributed by atoms with Gasteiger partial charge < -0.3 is 0 Å². The summed E-state index contributed by atoms with van der Waals surface area (Å²) < 4.78 is 67.3. The van der Waals surface area contributed by atoms with Gasteiger partial charge in [-0.2, -0.15) is 18.3 Å². The van der Waals surface area contributed by atoms with Crippen molar-refractivity contribution in [2.75, 3.05) is 6.54 Å². The van der Waals surface area contributed by atoms with Crippen LogP contribution in [0.5, 0.6) is 0 Å². The molecule has 4 aromatic rings. The second-order valence-corrected chi connectivity index (χ2v) is 8.04. The number of alkyl halides is 3. The van der Waals surface area contributed by atoms with Crippen LogP contribution in [0.1, 0.15) is 11.1 Å². The Hall–Kier alpha value is -3.24. The summed E-state index contributed by atoms with van der Waals surface area (Å²) in [6.07, 6.45) is -4.21. The van der Waals surface area contributed by atoms with Crippen molar-refractivity contribution in [3.8, 4) is 22.5 Å². The number of hydrogen-bond acceptors (Lipinski definition) is 4. The predicted octanol–water partition coefficient (Wildman–Crippen LogP) is 3.98. The molecular weight excluding hydrogens is 441 g/mol. The van der Waals surface area contributed by atoms with Crippen molar-refractivity contribution in [1.82, 2.24) is 19.5 Å². The Balaban J connectivity index is 1.86. The summed E-state index contributed by atoms with van der Waals surface area (Å²) >= 11 is 0.